The van der Waals surface area contributed by atoms with E-state index < -0.39 is 49.0 Å². The number of hydrogen-bond donors (Lipinski definition) is 2. The highest BCUT2D eigenvalue weighted by Crippen LogP contribution is 2.51. The Bertz CT molecular complexity index is 573. The second kappa shape index (κ2) is 5.21. The van der Waals surface area contributed by atoms with Gasteiger partial charge < -0.3 is 16.2 Å². The van der Waals surface area contributed by atoms with Crippen molar-refractivity contribution in [2.75, 3.05) is 18.1 Å². The van der Waals surface area contributed by atoms with E-state index in [1.807, 2.05) is 0 Å². The van der Waals surface area contributed by atoms with Crippen molar-refractivity contribution in [1.29, 1.82) is 0 Å². The minimum Gasteiger partial charge on any atom is -0.482 e. The number of nitro benzene ring substituents is 3. The molecule has 0 unspecified atom stereocenters. The van der Waals surface area contributed by atoms with Crippen molar-refractivity contribution in [2.45, 2.75) is 6.92 Å². The lowest BCUT2D eigenvalue weighted by Gasteiger charge is -2.09. The van der Waals surface area contributed by atoms with E-state index in [-0.39, 0.29) is 6.61 Å². The van der Waals surface area contributed by atoms with Gasteiger partial charge >= 0.3 is 17.1 Å². The van der Waals surface area contributed by atoms with Gasteiger partial charge in [-0.15, -0.1) is 0 Å². The summed E-state index contributed by atoms with van der Waals surface area (Å²) < 4.78 is 4.82. The largest absolute Gasteiger partial charge is 0.482 e. The summed E-state index contributed by atoms with van der Waals surface area (Å²) in [5, 5.41) is 32.7. The van der Waals surface area contributed by atoms with E-state index >= 15 is 0 Å². The molecule has 1 aromatic carbocycles. The van der Waals surface area contributed by atoms with E-state index in [0.29, 0.717) is 0 Å². The van der Waals surface area contributed by atoms with Gasteiger partial charge in [-0.05, 0) is 6.92 Å². The fourth-order valence-corrected chi connectivity index (χ4v) is 1.57. The number of nitro groups is 3. The molecule has 4 N–H and O–H groups in total. The Kier molecular flexibility index (Phi) is 3.88. The van der Waals surface area contributed by atoms with Crippen LogP contribution in [0.4, 0.5) is 28.4 Å². The van der Waals surface area contributed by atoms with Gasteiger partial charge in [0.1, 0.15) is 0 Å². The van der Waals surface area contributed by atoms with E-state index in [4.69, 9.17) is 16.2 Å². The van der Waals surface area contributed by atoms with Crippen molar-refractivity contribution in [1.82, 2.24) is 0 Å². The summed E-state index contributed by atoms with van der Waals surface area (Å²) in [6.07, 6.45) is 0. The molecule has 0 aliphatic carbocycles. The Labute approximate surface area is 110 Å². The average molecular weight is 287 g/mol. The van der Waals surface area contributed by atoms with Gasteiger partial charge in [0.05, 0.1) is 21.4 Å². The van der Waals surface area contributed by atoms with E-state index in [1.165, 1.54) is 6.92 Å². The zero-order valence-corrected chi connectivity index (χ0v) is 10.1. The van der Waals surface area contributed by atoms with Crippen molar-refractivity contribution < 1.29 is 19.5 Å². The van der Waals surface area contributed by atoms with Gasteiger partial charge in [-0.1, -0.05) is 0 Å². The lowest BCUT2D eigenvalue weighted by Crippen LogP contribution is -2.10. The highest BCUT2D eigenvalue weighted by molar-refractivity contribution is 5.92. The summed E-state index contributed by atoms with van der Waals surface area (Å²) in [5.74, 6) is -0.803. The third kappa shape index (κ3) is 2.21. The molecule has 1 aromatic rings. The predicted octanol–water partition coefficient (Wildman–Crippen LogP) is 0.974. The highest BCUT2D eigenvalue weighted by Gasteiger charge is 2.41. The lowest BCUT2D eigenvalue weighted by molar-refractivity contribution is -0.401. The van der Waals surface area contributed by atoms with Gasteiger partial charge in [0.25, 0.3) is 5.75 Å². The molecule has 0 radical (unpaired) electrons. The molecule has 0 saturated heterocycles. The number of nitrogens with zero attached hydrogens (tertiary/aromatic N) is 3. The Hall–Kier alpha value is -3.18. The van der Waals surface area contributed by atoms with E-state index in [0.717, 1.165) is 0 Å². The average Bonchev–Trinajstić information content (AvgIpc) is 2.26. The third-order valence-corrected chi connectivity index (χ3v) is 2.29. The molecule has 0 atom stereocenters. The smallest absolute Gasteiger partial charge is 0.348 e. The zero-order valence-electron chi connectivity index (χ0n) is 10.1. The first-order chi connectivity index (χ1) is 9.23. The van der Waals surface area contributed by atoms with Crippen molar-refractivity contribution in [2.24, 2.45) is 0 Å². The van der Waals surface area contributed by atoms with Crippen molar-refractivity contribution in [3.63, 3.8) is 0 Å². The van der Waals surface area contributed by atoms with Gasteiger partial charge in [0.15, 0.2) is 11.4 Å². The summed E-state index contributed by atoms with van der Waals surface area (Å²) in [7, 11) is 0. The molecule has 20 heavy (non-hydrogen) atoms. The van der Waals surface area contributed by atoms with Crippen LogP contribution in [-0.2, 0) is 0 Å². The van der Waals surface area contributed by atoms with Gasteiger partial charge in [0, 0.05) is 0 Å². The zero-order chi connectivity index (χ0) is 15.6. The van der Waals surface area contributed by atoms with Crippen LogP contribution in [0.25, 0.3) is 0 Å². The maximum absolute atomic E-state index is 10.9. The summed E-state index contributed by atoms with van der Waals surface area (Å²) in [6.45, 7) is 1.26. The van der Waals surface area contributed by atoms with Crippen LogP contribution in [0, 0.1) is 30.3 Å². The molecule has 0 saturated carbocycles. The van der Waals surface area contributed by atoms with Gasteiger partial charge in [0.2, 0.25) is 0 Å². The molecule has 1 rings (SSSR count). The van der Waals surface area contributed by atoms with Crippen LogP contribution in [0.2, 0.25) is 0 Å². The monoisotopic (exact) mass is 287 g/mol. The first kappa shape index (κ1) is 14.9. The summed E-state index contributed by atoms with van der Waals surface area (Å²) >= 11 is 0. The number of benzene rings is 1. The van der Waals surface area contributed by atoms with Crippen LogP contribution in [0.15, 0.2) is 0 Å². The maximum atomic E-state index is 10.9. The van der Waals surface area contributed by atoms with Crippen molar-refractivity contribution in [3.8, 4) is 5.75 Å². The first-order valence-corrected chi connectivity index (χ1v) is 5.04. The molecular formula is C8H9N5O7. The summed E-state index contributed by atoms with van der Waals surface area (Å²) in [5.41, 5.74) is 5.64. The minimum atomic E-state index is -1.12. The second-order valence-electron chi connectivity index (χ2n) is 3.41. The Morgan fingerprint density at radius 3 is 1.50 bits per heavy atom. The molecule has 0 aliphatic heterocycles. The summed E-state index contributed by atoms with van der Waals surface area (Å²) in [4.78, 5) is 29.4. The molecule has 0 aliphatic rings. The number of nitrogens with two attached hydrogens (primary N) is 2. The quantitative estimate of drug-likeness (QED) is 0.451. The predicted molar refractivity (Wildman–Crippen MR) is 66.4 cm³/mol. The molecular weight excluding hydrogens is 278 g/mol. The fourth-order valence-electron chi connectivity index (χ4n) is 1.57. The first-order valence-electron chi connectivity index (χ1n) is 5.04. The molecule has 0 spiro atoms. The van der Waals surface area contributed by atoms with Crippen LogP contribution >= 0.6 is 0 Å². The summed E-state index contributed by atoms with van der Waals surface area (Å²) in [6, 6.07) is 0. The number of anilines is 2. The second-order valence-corrected chi connectivity index (χ2v) is 3.41. The normalized spacial score (nSPS) is 10.1. The fraction of sp³-hybridized carbons (Fsp3) is 0.250. The lowest BCUT2D eigenvalue weighted by atomic mass is 10.1. The van der Waals surface area contributed by atoms with Crippen LogP contribution < -0.4 is 16.2 Å². The van der Waals surface area contributed by atoms with Crippen molar-refractivity contribution >= 4 is 28.4 Å². The van der Waals surface area contributed by atoms with Gasteiger partial charge in [-0.3, -0.25) is 30.3 Å². The Morgan fingerprint density at radius 2 is 1.25 bits per heavy atom. The molecule has 12 heteroatoms. The molecule has 0 bridgehead atoms. The molecule has 0 aromatic heterocycles. The standard InChI is InChI=1S/C8H9N5O7/c1-2-20-8-6(12(16)17)3(9)5(11(14)15)4(10)7(8)13(18)19/h2,9-10H2,1H3. The minimum absolute atomic E-state index is 0.154. The number of rotatable bonds is 5. The molecule has 108 valence electrons. The van der Waals surface area contributed by atoms with E-state index in [1.54, 1.807) is 0 Å². The van der Waals surface area contributed by atoms with Crippen LogP contribution in [0.3, 0.4) is 0 Å². The van der Waals surface area contributed by atoms with Gasteiger partial charge in [-0.25, -0.2) is 0 Å². The Balaban J connectivity index is 3.95. The van der Waals surface area contributed by atoms with Gasteiger partial charge in [-0.2, -0.15) is 0 Å². The topological polar surface area (TPSA) is 191 Å². The third-order valence-electron chi connectivity index (χ3n) is 2.29. The number of hydrogen-bond acceptors (Lipinski definition) is 9. The van der Waals surface area contributed by atoms with Crippen molar-refractivity contribution in [3.05, 3.63) is 30.3 Å². The number of ether oxygens (including phenoxy) is 1. The molecule has 0 amide bonds. The Morgan fingerprint density at radius 1 is 0.900 bits per heavy atom. The number of nitrogen functional groups attached to an aromatic ring is 2. The SMILES string of the molecule is CCOc1c([N+](=O)[O-])c(N)c([N+](=O)[O-])c(N)c1[N+](=O)[O-]. The van der Waals surface area contributed by atoms with E-state index in [2.05, 4.69) is 0 Å². The molecule has 0 heterocycles. The van der Waals surface area contributed by atoms with Crippen LogP contribution in [-0.4, -0.2) is 21.4 Å². The maximum Gasteiger partial charge on any atom is 0.348 e. The molecule has 0 fully saturated rings. The van der Waals surface area contributed by atoms with E-state index in [9.17, 15) is 30.3 Å². The van der Waals surface area contributed by atoms with Crippen LogP contribution in [0.1, 0.15) is 6.92 Å². The molecule has 12 nitrogen and oxygen atoms in total. The van der Waals surface area contributed by atoms with Crippen LogP contribution in [0.5, 0.6) is 5.75 Å². The highest BCUT2D eigenvalue weighted by atomic mass is 16.6.